The molecule has 0 aliphatic carbocycles. The minimum atomic E-state index is -0.550. The predicted molar refractivity (Wildman–Crippen MR) is 86.8 cm³/mol. The van der Waals surface area contributed by atoms with Gasteiger partial charge in [-0.25, -0.2) is 9.37 Å². The number of carbonyl (C=O) groups is 1. The van der Waals surface area contributed by atoms with Crippen molar-refractivity contribution in [3.05, 3.63) is 71.0 Å². The first-order chi connectivity index (χ1) is 11.1. The Bertz CT molecular complexity index is 848. The first kappa shape index (κ1) is 15.2. The van der Waals surface area contributed by atoms with E-state index in [-0.39, 0.29) is 12.4 Å². The highest BCUT2D eigenvalue weighted by atomic mass is 32.1. The van der Waals surface area contributed by atoms with Gasteiger partial charge in [-0.1, -0.05) is 24.3 Å². The van der Waals surface area contributed by atoms with Gasteiger partial charge in [0, 0.05) is 10.9 Å². The molecule has 0 aliphatic heterocycles. The number of carbonyl (C=O) groups excluding carboxylic acids is 1. The minimum absolute atomic E-state index is 0.176. The van der Waals surface area contributed by atoms with E-state index in [9.17, 15) is 9.18 Å². The maximum Gasteiger partial charge on any atom is 0.252 e. The standard InChI is InChI=1S/C17H13FN2O2S/c18-14-7-3-1-5-12(14)17-20-11(10-23-17)9-22-15-8-4-2-6-13(15)16(19)21/h1-8,10H,9H2,(H2,19,21). The van der Waals surface area contributed by atoms with E-state index in [4.69, 9.17) is 10.5 Å². The van der Waals surface area contributed by atoms with Gasteiger partial charge in [-0.3, -0.25) is 4.79 Å². The van der Waals surface area contributed by atoms with Crippen LogP contribution >= 0.6 is 11.3 Å². The second-order valence-electron chi connectivity index (χ2n) is 4.77. The molecule has 0 fully saturated rings. The van der Waals surface area contributed by atoms with E-state index < -0.39 is 5.91 Å². The smallest absolute Gasteiger partial charge is 0.252 e. The summed E-state index contributed by atoms with van der Waals surface area (Å²) < 4.78 is 19.4. The fourth-order valence-electron chi connectivity index (χ4n) is 2.08. The highest BCUT2D eigenvalue weighted by Crippen LogP contribution is 2.27. The number of thiazole rings is 1. The number of benzene rings is 2. The fourth-order valence-corrected chi connectivity index (χ4v) is 2.91. The number of hydrogen-bond donors (Lipinski definition) is 1. The second kappa shape index (κ2) is 6.58. The van der Waals surface area contributed by atoms with Crippen LogP contribution in [-0.2, 0) is 6.61 Å². The summed E-state index contributed by atoms with van der Waals surface area (Å²) in [6.07, 6.45) is 0. The van der Waals surface area contributed by atoms with Crippen molar-refractivity contribution >= 4 is 17.2 Å². The Hall–Kier alpha value is -2.73. The molecule has 0 bridgehead atoms. The lowest BCUT2D eigenvalue weighted by Gasteiger charge is -2.07. The quantitative estimate of drug-likeness (QED) is 0.778. The van der Waals surface area contributed by atoms with Crippen LogP contribution in [0.1, 0.15) is 16.1 Å². The lowest BCUT2D eigenvalue weighted by molar-refractivity contribution is 0.0996. The van der Waals surface area contributed by atoms with Crippen LogP contribution in [0.2, 0.25) is 0 Å². The highest BCUT2D eigenvalue weighted by Gasteiger charge is 2.11. The number of halogens is 1. The third-order valence-corrected chi connectivity index (χ3v) is 4.11. The van der Waals surface area contributed by atoms with E-state index >= 15 is 0 Å². The molecule has 2 N–H and O–H groups in total. The lowest BCUT2D eigenvalue weighted by atomic mass is 10.2. The number of amides is 1. The summed E-state index contributed by atoms with van der Waals surface area (Å²) in [6, 6.07) is 13.2. The molecule has 0 saturated carbocycles. The van der Waals surface area contributed by atoms with Gasteiger partial charge in [0.1, 0.15) is 23.2 Å². The summed E-state index contributed by atoms with van der Waals surface area (Å²) in [5.41, 5.74) is 6.74. The predicted octanol–water partition coefficient (Wildman–Crippen LogP) is 3.63. The minimum Gasteiger partial charge on any atom is -0.486 e. The lowest BCUT2D eigenvalue weighted by Crippen LogP contribution is -2.12. The van der Waals surface area contributed by atoms with Gasteiger partial charge < -0.3 is 10.5 Å². The van der Waals surface area contributed by atoms with E-state index in [1.54, 1.807) is 47.8 Å². The molecular formula is C17H13FN2O2S. The fraction of sp³-hybridized carbons (Fsp3) is 0.0588. The molecule has 3 rings (SSSR count). The van der Waals surface area contributed by atoms with Crippen molar-refractivity contribution in [2.45, 2.75) is 6.61 Å². The molecular weight excluding hydrogens is 315 g/mol. The number of aromatic nitrogens is 1. The summed E-state index contributed by atoms with van der Waals surface area (Å²) in [5.74, 6) is -0.459. The van der Waals surface area contributed by atoms with Crippen LogP contribution in [0.25, 0.3) is 10.6 Å². The van der Waals surface area contributed by atoms with Crippen molar-refractivity contribution in [3.8, 4) is 16.3 Å². The van der Waals surface area contributed by atoms with E-state index in [0.717, 1.165) is 0 Å². The number of rotatable bonds is 5. The van der Waals surface area contributed by atoms with Crippen molar-refractivity contribution in [2.75, 3.05) is 0 Å². The molecule has 4 nitrogen and oxygen atoms in total. The van der Waals surface area contributed by atoms with Crippen molar-refractivity contribution in [3.63, 3.8) is 0 Å². The maximum atomic E-state index is 13.8. The molecule has 1 amide bonds. The number of para-hydroxylation sites is 1. The van der Waals surface area contributed by atoms with E-state index in [2.05, 4.69) is 4.98 Å². The zero-order valence-electron chi connectivity index (χ0n) is 12.0. The van der Waals surface area contributed by atoms with E-state index in [1.807, 2.05) is 0 Å². The summed E-state index contributed by atoms with van der Waals surface area (Å²) in [6.45, 7) is 0.176. The van der Waals surface area contributed by atoms with Crippen LogP contribution in [0.4, 0.5) is 4.39 Å². The first-order valence-electron chi connectivity index (χ1n) is 6.86. The number of nitrogens with two attached hydrogens (primary N) is 1. The van der Waals surface area contributed by atoms with Crippen molar-refractivity contribution in [1.29, 1.82) is 0 Å². The third-order valence-electron chi connectivity index (χ3n) is 3.18. The van der Waals surface area contributed by atoms with Crippen molar-refractivity contribution in [1.82, 2.24) is 4.98 Å². The number of primary amides is 1. The Kier molecular flexibility index (Phi) is 4.34. The molecule has 0 spiro atoms. The molecule has 1 heterocycles. The number of ether oxygens (including phenoxy) is 1. The van der Waals surface area contributed by atoms with Crippen LogP contribution in [0.15, 0.2) is 53.9 Å². The van der Waals surface area contributed by atoms with Crippen LogP contribution in [0.3, 0.4) is 0 Å². The molecule has 23 heavy (non-hydrogen) atoms. The monoisotopic (exact) mass is 328 g/mol. The van der Waals surface area contributed by atoms with Gasteiger partial charge in [-0.2, -0.15) is 0 Å². The zero-order chi connectivity index (χ0) is 16.2. The van der Waals surface area contributed by atoms with Crippen LogP contribution in [0, 0.1) is 5.82 Å². The average Bonchev–Trinajstić information content (AvgIpc) is 3.02. The Labute approximate surface area is 136 Å². The SMILES string of the molecule is NC(=O)c1ccccc1OCc1csc(-c2ccccc2F)n1. The Morgan fingerprint density at radius 3 is 2.70 bits per heavy atom. The van der Waals surface area contributed by atoms with E-state index in [0.29, 0.717) is 27.6 Å². The van der Waals surface area contributed by atoms with Crippen LogP contribution in [-0.4, -0.2) is 10.9 Å². The van der Waals surface area contributed by atoms with Crippen molar-refractivity contribution < 1.29 is 13.9 Å². The largest absolute Gasteiger partial charge is 0.486 e. The number of hydrogen-bond acceptors (Lipinski definition) is 4. The molecule has 0 aliphatic rings. The third kappa shape index (κ3) is 3.37. The maximum absolute atomic E-state index is 13.8. The highest BCUT2D eigenvalue weighted by molar-refractivity contribution is 7.13. The molecule has 1 aromatic heterocycles. The van der Waals surface area contributed by atoms with Gasteiger partial charge in [0.05, 0.1) is 11.3 Å². The summed E-state index contributed by atoms with van der Waals surface area (Å²) in [5, 5.41) is 2.39. The molecule has 6 heteroatoms. The average molecular weight is 328 g/mol. The van der Waals surface area contributed by atoms with Crippen LogP contribution < -0.4 is 10.5 Å². The van der Waals surface area contributed by atoms with E-state index in [1.165, 1.54) is 17.4 Å². The van der Waals surface area contributed by atoms with Gasteiger partial charge in [0.15, 0.2) is 0 Å². The van der Waals surface area contributed by atoms with Gasteiger partial charge in [-0.15, -0.1) is 11.3 Å². The second-order valence-corrected chi connectivity index (χ2v) is 5.63. The van der Waals surface area contributed by atoms with Gasteiger partial charge in [0.2, 0.25) is 0 Å². The Morgan fingerprint density at radius 2 is 1.91 bits per heavy atom. The topological polar surface area (TPSA) is 65.2 Å². The number of nitrogens with zero attached hydrogens (tertiary/aromatic N) is 1. The summed E-state index contributed by atoms with van der Waals surface area (Å²) in [7, 11) is 0. The molecule has 2 aromatic carbocycles. The zero-order valence-corrected chi connectivity index (χ0v) is 12.8. The normalized spacial score (nSPS) is 10.5. The van der Waals surface area contributed by atoms with Gasteiger partial charge in [-0.05, 0) is 24.3 Å². The van der Waals surface area contributed by atoms with Crippen LogP contribution in [0.5, 0.6) is 5.75 Å². The van der Waals surface area contributed by atoms with Gasteiger partial charge in [0.25, 0.3) is 5.91 Å². The molecule has 3 aromatic rings. The Morgan fingerprint density at radius 1 is 1.17 bits per heavy atom. The van der Waals surface area contributed by atoms with Crippen molar-refractivity contribution in [2.24, 2.45) is 5.73 Å². The Balaban J connectivity index is 1.76. The molecule has 0 radical (unpaired) electrons. The summed E-state index contributed by atoms with van der Waals surface area (Å²) >= 11 is 1.34. The molecule has 0 atom stereocenters. The molecule has 116 valence electrons. The van der Waals surface area contributed by atoms with Gasteiger partial charge >= 0.3 is 0 Å². The summed E-state index contributed by atoms with van der Waals surface area (Å²) in [4.78, 5) is 15.7. The molecule has 0 unspecified atom stereocenters. The first-order valence-corrected chi connectivity index (χ1v) is 7.74. The molecule has 0 saturated heterocycles.